The number of hydrogen-bond donors (Lipinski definition) is 0. The highest BCUT2D eigenvalue weighted by Crippen LogP contribution is 2.22. The van der Waals surface area contributed by atoms with Gasteiger partial charge in [-0.05, 0) is 70.1 Å². The molecule has 0 radical (unpaired) electrons. The molecular weight excluding hydrogens is 480 g/mol. The van der Waals surface area contributed by atoms with Gasteiger partial charge in [0.2, 0.25) is 0 Å². The number of benzene rings is 1. The number of hydrogen-bond acceptors (Lipinski definition) is 6. The van der Waals surface area contributed by atoms with Gasteiger partial charge in [-0.3, -0.25) is 4.79 Å². The van der Waals surface area contributed by atoms with E-state index in [-0.39, 0.29) is 30.7 Å². The lowest BCUT2D eigenvalue weighted by Gasteiger charge is -2.26. The largest absolute Gasteiger partial charge is 0.459 e. The predicted molar refractivity (Wildman–Crippen MR) is 150 cm³/mol. The third-order valence-electron chi connectivity index (χ3n) is 6.85. The van der Waals surface area contributed by atoms with Crippen molar-refractivity contribution in [3.63, 3.8) is 0 Å². The Labute approximate surface area is 227 Å². The fourth-order valence-electron chi connectivity index (χ4n) is 4.84. The Morgan fingerprint density at radius 1 is 1.13 bits per heavy atom. The maximum atomic E-state index is 13.2. The molecule has 38 heavy (non-hydrogen) atoms. The van der Waals surface area contributed by atoms with E-state index in [0.717, 1.165) is 61.9 Å². The van der Waals surface area contributed by atoms with Crippen LogP contribution in [-0.4, -0.2) is 61.0 Å². The van der Waals surface area contributed by atoms with Crippen molar-refractivity contribution in [3.8, 4) is 0 Å². The summed E-state index contributed by atoms with van der Waals surface area (Å²) in [7, 11) is 0. The fraction of sp³-hybridized carbons (Fsp3) is 0.581. The molecule has 3 rings (SSSR count). The molecule has 0 N–H and O–H groups in total. The van der Waals surface area contributed by atoms with Gasteiger partial charge in [0.15, 0.2) is 6.61 Å². The minimum absolute atomic E-state index is 0.0434. The lowest BCUT2D eigenvalue weighted by Crippen LogP contribution is -2.37. The summed E-state index contributed by atoms with van der Waals surface area (Å²) in [6.07, 6.45) is 14.7. The van der Waals surface area contributed by atoms with Crippen LogP contribution >= 0.6 is 0 Å². The summed E-state index contributed by atoms with van der Waals surface area (Å²) in [5, 5.41) is 4.36. The number of piperidine rings is 1. The Morgan fingerprint density at radius 3 is 2.68 bits per heavy atom. The zero-order valence-electron chi connectivity index (χ0n) is 23.5. The van der Waals surface area contributed by atoms with Gasteiger partial charge in [0.25, 0.3) is 5.91 Å². The van der Waals surface area contributed by atoms with Crippen LogP contribution in [0.15, 0.2) is 41.6 Å². The van der Waals surface area contributed by atoms with Gasteiger partial charge in [0.1, 0.15) is 6.10 Å². The summed E-state index contributed by atoms with van der Waals surface area (Å²) in [4.78, 5) is 33.2. The van der Waals surface area contributed by atoms with E-state index >= 15 is 0 Å². The van der Waals surface area contributed by atoms with E-state index in [1.807, 2.05) is 62.1 Å². The monoisotopic (exact) mass is 524 g/mol. The number of fused-ring (bicyclic) bond motifs is 1. The molecule has 1 aromatic carbocycles. The third-order valence-corrected chi connectivity index (χ3v) is 6.85. The molecule has 0 aromatic heterocycles. The van der Waals surface area contributed by atoms with Crippen LogP contribution in [0.3, 0.4) is 0 Å². The van der Waals surface area contributed by atoms with Crippen LogP contribution in [0.2, 0.25) is 0 Å². The van der Waals surface area contributed by atoms with Crippen molar-refractivity contribution in [2.24, 2.45) is 5.16 Å². The second kappa shape index (κ2) is 15.5. The Balaban J connectivity index is 1.86. The molecule has 2 aliphatic heterocycles. The molecule has 0 spiro atoms. The van der Waals surface area contributed by atoms with Gasteiger partial charge in [-0.1, -0.05) is 54.4 Å². The Hall–Kier alpha value is -2.93. The summed E-state index contributed by atoms with van der Waals surface area (Å²) in [6.45, 7) is 10.1. The normalized spacial score (nSPS) is 22.9. The Bertz CT molecular complexity index is 1020. The van der Waals surface area contributed by atoms with Crippen molar-refractivity contribution < 1.29 is 23.9 Å². The van der Waals surface area contributed by atoms with Gasteiger partial charge in [0.05, 0.1) is 17.4 Å². The minimum Gasteiger partial charge on any atom is -0.459 e. The van der Waals surface area contributed by atoms with Crippen LogP contribution in [0.4, 0.5) is 0 Å². The van der Waals surface area contributed by atoms with Crippen molar-refractivity contribution >= 4 is 17.6 Å². The molecule has 1 aromatic rings. The van der Waals surface area contributed by atoms with Crippen molar-refractivity contribution in [2.75, 3.05) is 26.3 Å². The molecule has 0 aliphatic carbocycles. The van der Waals surface area contributed by atoms with E-state index in [4.69, 9.17) is 14.3 Å². The van der Waals surface area contributed by atoms with Crippen molar-refractivity contribution in [1.82, 2.24) is 4.90 Å². The van der Waals surface area contributed by atoms with E-state index in [0.29, 0.717) is 37.1 Å². The number of allylic oxidation sites excluding steroid dienone is 1. The first kappa shape index (κ1) is 29.6. The Morgan fingerprint density at radius 2 is 1.92 bits per heavy atom. The number of aryl methyl sites for hydroxylation is 2. The van der Waals surface area contributed by atoms with Crippen LogP contribution in [-0.2, 0) is 25.5 Å². The van der Waals surface area contributed by atoms with Crippen molar-refractivity contribution in [1.29, 1.82) is 0 Å². The first-order chi connectivity index (χ1) is 18.4. The number of ether oxygens (including phenoxy) is 2. The van der Waals surface area contributed by atoms with Crippen molar-refractivity contribution in [3.05, 3.63) is 58.7 Å². The number of cyclic esters (lactones) is 1. The maximum Gasteiger partial charge on any atom is 0.338 e. The molecule has 2 heterocycles. The first-order valence-corrected chi connectivity index (χ1v) is 14.1. The number of carbonyl (C=O) groups is 2. The molecular formula is C31H44N2O5. The average molecular weight is 525 g/mol. The smallest absolute Gasteiger partial charge is 0.338 e. The van der Waals surface area contributed by atoms with Gasteiger partial charge in [-0.25, -0.2) is 4.79 Å². The second-order valence-electron chi connectivity index (χ2n) is 10.4. The van der Waals surface area contributed by atoms with Crippen LogP contribution in [0, 0.1) is 13.8 Å². The maximum absolute atomic E-state index is 13.2. The highest BCUT2D eigenvalue weighted by molar-refractivity contribution is 6.00. The highest BCUT2D eigenvalue weighted by atomic mass is 16.6. The SMILES string of the molecule is CCCCOC1C=CC[C@@H](C)OC(=O)c2c(C)cc(C)cc2CC(=N\OCC(=O)N2CCCCC2)/C=C/C1. The van der Waals surface area contributed by atoms with Gasteiger partial charge in [-0.2, -0.15) is 0 Å². The molecule has 1 unspecified atom stereocenters. The third kappa shape index (κ3) is 9.43. The van der Waals surface area contributed by atoms with Crippen LogP contribution in [0.25, 0.3) is 0 Å². The second-order valence-corrected chi connectivity index (χ2v) is 10.4. The van der Waals surface area contributed by atoms with Crippen molar-refractivity contribution in [2.45, 2.75) is 91.3 Å². The number of unbranched alkanes of at least 4 members (excludes halogenated alkanes) is 1. The van der Waals surface area contributed by atoms with E-state index in [1.54, 1.807) is 0 Å². The number of nitrogens with zero attached hydrogens (tertiary/aromatic N) is 2. The summed E-state index contributed by atoms with van der Waals surface area (Å²) in [5.41, 5.74) is 3.96. The van der Waals surface area contributed by atoms with Gasteiger partial charge < -0.3 is 19.2 Å². The zero-order chi connectivity index (χ0) is 27.3. The fourth-order valence-corrected chi connectivity index (χ4v) is 4.84. The molecule has 7 nitrogen and oxygen atoms in total. The Kier molecular flexibility index (Phi) is 12.1. The van der Waals surface area contributed by atoms with Crippen LogP contribution < -0.4 is 0 Å². The molecule has 7 heteroatoms. The van der Waals surface area contributed by atoms with Gasteiger partial charge in [-0.15, -0.1) is 0 Å². The summed E-state index contributed by atoms with van der Waals surface area (Å²) < 4.78 is 11.9. The van der Waals surface area contributed by atoms with Gasteiger partial charge >= 0.3 is 5.97 Å². The summed E-state index contributed by atoms with van der Waals surface area (Å²) >= 11 is 0. The van der Waals surface area contributed by atoms with E-state index in [2.05, 4.69) is 12.1 Å². The van der Waals surface area contributed by atoms with Crippen LogP contribution in [0.1, 0.15) is 85.8 Å². The van der Waals surface area contributed by atoms with E-state index in [9.17, 15) is 9.59 Å². The topological polar surface area (TPSA) is 77.4 Å². The number of likely N-dealkylation sites (tertiary alicyclic amines) is 1. The molecule has 1 amide bonds. The zero-order valence-corrected chi connectivity index (χ0v) is 23.5. The molecule has 208 valence electrons. The number of rotatable bonds is 7. The number of oxime groups is 1. The molecule has 1 fully saturated rings. The molecule has 1 saturated heterocycles. The molecule has 0 saturated carbocycles. The quantitative estimate of drug-likeness (QED) is 0.193. The number of carbonyl (C=O) groups excluding carboxylic acids is 2. The van der Waals surface area contributed by atoms with Gasteiger partial charge in [0, 0.05) is 32.5 Å². The van der Waals surface area contributed by atoms with E-state index < -0.39 is 0 Å². The number of esters is 1. The lowest BCUT2D eigenvalue weighted by molar-refractivity contribution is -0.137. The number of amides is 1. The minimum atomic E-state index is -0.337. The standard InChI is InChI=1S/C31H44N2O5/c1-5-6-18-36-28-14-10-12-25(4)38-31(35)30-24(3)19-23(2)20-26(30)21-27(13-11-15-28)32-37-22-29(34)33-16-8-7-9-17-33/h10-11,13-14,19-20,25,28H,5-9,12,15-18,21-22H2,1-4H3/b13-11+,14-10?,32-27-/t25-,28?/m1/s1. The first-order valence-electron chi connectivity index (χ1n) is 14.1. The van der Waals surface area contributed by atoms with E-state index in [1.165, 1.54) is 0 Å². The molecule has 2 atom stereocenters. The molecule has 0 bridgehead atoms. The lowest BCUT2D eigenvalue weighted by atomic mass is 9.95. The summed E-state index contributed by atoms with van der Waals surface area (Å²) in [6, 6.07) is 3.99. The average Bonchev–Trinajstić information content (AvgIpc) is 2.88. The van der Waals surface area contributed by atoms with Crippen LogP contribution in [0.5, 0.6) is 0 Å². The highest BCUT2D eigenvalue weighted by Gasteiger charge is 2.21. The predicted octanol–water partition coefficient (Wildman–Crippen LogP) is 5.87. The molecule has 2 aliphatic rings. The summed E-state index contributed by atoms with van der Waals surface area (Å²) in [5.74, 6) is -0.381.